The second kappa shape index (κ2) is 4.12. The molecular formula is C10H8Cl2F. The summed E-state index contributed by atoms with van der Waals surface area (Å²) in [6.07, 6.45) is 0. The van der Waals surface area contributed by atoms with E-state index in [1.807, 2.05) is 0 Å². The van der Waals surface area contributed by atoms with E-state index in [2.05, 4.69) is 13.5 Å². The summed E-state index contributed by atoms with van der Waals surface area (Å²) in [5, 5.41) is 0.788. The first-order chi connectivity index (χ1) is 6.02. The molecule has 13 heavy (non-hydrogen) atoms. The van der Waals surface area contributed by atoms with Crippen LogP contribution in [0, 0.1) is 12.7 Å². The van der Waals surface area contributed by atoms with Crippen molar-refractivity contribution in [1.82, 2.24) is 0 Å². The zero-order valence-corrected chi connectivity index (χ0v) is 8.37. The van der Waals surface area contributed by atoms with Gasteiger partial charge in [0.25, 0.3) is 0 Å². The number of halogens is 3. The van der Waals surface area contributed by atoms with E-state index in [9.17, 15) is 4.39 Å². The number of hydrogen-bond donors (Lipinski definition) is 0. The first-order valence-electron chi connectivity index (χ1n) is 3.64. The van der Waals surface area contributed by atoms with Crippen LogP contribution in [-0.4, -0.2) is 0 Å². The minimum absolute atomic E-state index is 0.340. The molecule has 1 aromatic carbocycles. The highest BCUT2D eigenvalue weighted by Gasteiger charge is 2.12. The molecule has 0 aromatic heterocycles. The van der Waals surface area contributed by atoms with Crippen molar-refractivity contribution >= 4 is 23.2 Å². The molecular weight excluding hydrogens is 210 g/mol. The maximum atomic E-state index is 12.8. The molecule has 1 unspecified atom stereocenters. The lowest BCUT2D eigenvalue weighted by atomic mass is 10.0. The van der Waals surface area contributed by atoms with Crippen molar-refractivity contribution in [1.29, 1.82) is 0 Å². The predicted octanol–water partition coefficient (Wildman–Crippen LogP) is 4.15. The molecule has 0 fully saturated rings. The third kappa shape index (κ3) is 2.45. The zero-order chi connectivity index (χ0) is 10.0. The molecule has 0 heterocycles. The van der Waals surface area contributed by atoms with Gasteiger partial charge in [-0.3, -0.25) is 0 Å². The summed E-state index contributed by atoms with van der Waals surface area (Å²) in [7, 11) is 0. The summed E-state index contributed by atoms with van der Waals surface area (Å²) < 4.78 is 12.8. The van der Waals surface area contributed by atoms with Crippen LogP contribution in [-0.2, 0) is 0 Å². The van der Waals surface area contributed by atoms with Crippen molar-refractivity contribution in [3.05, 3.63) is 53.1 Å². The highest BCUT2D eigenvalue weighted by molar-refractivity contribution is 6.32. The van der Waals surface area contributed by atoms with E-state index in [1.54, 1.807) is 0 Å². The van der Waals surface area contributed by atoms with Crippen LogP contribution < -0.4 is 0 Å². The molecule has 0 saturated heterocycles. The van der Waals surface area contributed by atoms with Gasteiger partial charge in [-0.05, 0) is 30.7 Å². The molecule has 1 radical (unpaired) electrons. The van der Waals surface area contributed by atoms with Gasteiger partial charge < -0.3 is 0 Å². The van der Waals surface area contributed by atoms with Gasteiger partial charge in [0.15, 0.2) is 0 Å². The minimum atomic E-state index is -0.384. The third-order valence-electron chi connectivity index (χ3n) is 1.71. The molecule has 1 aromatic rings. The molecule has 3 heteroatoms. The van der Waals surface area contributed by atoms with E-state index in [0.29, 0.717) is 15.6 Å². The fraction of sp³-hybridized carbons (Fsp3) is 0.100. The fourth-order valence-electron chi connectivity index (χ4n) is 0.950. The van der Waals surface area contributed by atoms with Crippen molar-refractivity contribution in [2.24, 2.45) is 0 Å². The van der Waals surface area contributed by atoms with Gasteiger partial charge in [-0.2, -0.15) is 0 Å². The molecule has 0 spiro atoms. The standard InChI is InChI=1S/C10H8Cl2F/c1-6(7(2)11)9-5-8(13)3-4-10(9)12/h3-6H,1-2H2. The maximum Gasteiger partial charge on any atom is 0.123 e. The highest BCUT2D eigenvalue weighted by Crippen LogP contribution is 2.30. The average molecular weight is 218 g/mol. The Morgan fingerprint density at radius 3 is 2.62 bits per heavy atom. The van der Waals surface area contributed by atoms with Crippen LogP contribution in [0.5, 0.6) is 0 Å². The average Bonchev–Trinajstić information content (AvgIpc) is 2.08. The fourth-order valence-corrected chi connectivity index (χ4v) is 1.32. The third-order valence-corrected chi connectivity index (χ3v) is 2.32. The van der Waals surface area contributed by atoms with E-state index in [-0.39, 0.29) is 11.7 Å². The Hall–Kier alpha value is -0.530. The van der Waals surface area contributed by atoms with Gasteiger partial charge >= 0.3 is 0 Å². The zero-order valence-electron chi connectivity index (χ0n) is 6.86. The molecule has 0 nitrogen and oxygen atoms in total. The van der Waals surface area contributed by atoms with E-state index in [0.717, 1.165) is 0 Å². The first-order valence-corrected chi connectivity index (χ1v) is 4.40. The summed E-state index contributed by atoms with van der Waals surface area (Å²) in [6, 6.07) is 4.08. The lowest BCUT2D eigenvalue weighted by Crippen LogP contribution is -1.95. The van der Waals surface area contributed by atoms with Crippen LogP contribution in [0.15, 0.2) is 29.8 Å². The number of hydrogen-bond acceptors (Lipinski definition) is 0. The predicted molar refractivity (Wildman–Crippen MR) is 54.5 cm³/mol. The van der Waals surface area contributed by atoms with Crippen LogP contribution in [0.25, 0.3) is 0 Å². The topological polar surface area (TPSA) is 0 Å². The quantitative estimate of drug-likeness (QED) is 0.699. The van der Waals surface area contributed by atoms with Crippen molar-refractivity contribution in [3.8, 4) is 0 Å². The Bertz CT molecular complexity index is 334. The lowest BCUT2D eigenvalue weighted by Gasteiger charge is -2.11. The summed E-state index contributed by atoms with van der Waals surface area (Å²) in [5.41, 5.74) is 0.557. The number of benzene rings is 1. The normalized spacial score (nSPS) is 12.6. The van der Waals surface area contributed by atoms with Crippen LogP contribution in [0.1, 0.15) is 11.5 Å². The molecule has 1 rings (SSSR count). The Morgan fingerprint density at radius 2 is 2.08 bits per heavy atom. The van der Waals surface area contributed by atoms with Gasteiger partial charge in [0, 0.05) is 16.0 Å². The van der Waals surface area contributed by atoms with E-state index in [1.165, 1.54) is 18.2 Å². The van der Waals surface area contributed by atoms with Crippen LogP contribution >= 0.6 is 23.2 Å². The van der Waals surface area contributed by atoms with Crippen LogP contribution in [0.3, 0.4) is 0 Å². The minimum Gasteiger partial charge on any atom is -0.207 e. The van der Waals surface area contributed by atoms with E-state index >= 15 is 0 Å². The van der Waals surface area contributed by atoms with Gasteiger partial charge in [0.1, 0.15) is 5.82 Å². The van der Waals surface area contributed by atoms with Crippen LogP contribution in [0.4, 0.5) is 4.39 Å². The molecule has 1 atom stereocenters. The first kappa shape index (κ1) is 10.6. The molecule has 0 aliphatic rings. The Morgan fingerprint density at radius 1 is 1.46 bits per heavy atom. The summed E-state index contributed by atoms with van der Waals surface area (Å²) in [4.78, 5) is 0. The van der Waals surface area contributed by atoms with Crippen molar-refractivity contribution < 1.29 is 4.39 Å². The SMILES string of the molecule is [CH2]C(C(=C)Cl)c1cc(F)ccc1Cl. The Kier molecular flexibility index (Phi) is 3.34. The molecule has 0 saturated carbocycles. The summed E-state index contributed by atoms with van der Waals surface area (Å²) in [6.45, 7) is 7.25. The molecule has 0 aliphatic carbocycles. The maximum absolute atomic E-state index is 12.8. The molecule has 0 amide bonds. The molecule has 0 N–H and O–H groups in total. The summed E-state index contributed by atoms with van der Waals surface area (Å²) >= 11 is 11.5. The smallest absolute Gasteiger partial charge is 0.123 e. The van der Waals surface area contributed by atoms with Crippen molar-refractivity contribution in [3.63, 3.8) is 0 Å². The van der Waals surface area contributed by atoms with Gasteiger partial charge in [-0.1, -0.05) is 29.8 Å². The monoisotopic (exact) mass is 217 g/mol. The Balaban J connectivity index is 3.12. The Labute approximate surface area is 87.0 Å². The molecule has 0 aliphatic heterocycles. The van der Waals surface area contributed by atoms with Gasteiger partial charge in [0.05, 0.1) is 0 Å². The van der Waals surface area contributed by atoms with Gasteiger partial charge in [-0.15, -0.1) is 0 Å². The van der Waals surface area contributed by atoms with Gasteiger partial charge in [-0.25, -0.2) is 4.39 Å². The van der Waals surface area contributed by atoms with Crippen LogP contribution in [0.2, 0.25) is 5.02 Å². The van der Waals surface area contributed by atoms with Gasteiger partial charge in [0.2, 0.25) is 0 Å². The second-order valence-electron chi connectivity index (χ2n) is 2.67. The second-order valence-corrected chi connectivity index (χ2v) is 3.56. The molecule has 69 valence electrons. The van der Waals surface area contributed by atoms with Crippen molar-refractivity contribution in [2.45, 2.75) is 5.92 Å². The highest BCUT2D eigenvalue weighted by atomic mass is 35.5. The number of rotatable bonds is 2. The lowest BCUT2D eigenvalue weighted by molar-refractivity contribution is 0.625. The van der Waals surface area contributed by atoms with Crippen molar-refractivity contribution in [2.75, 3.05) is 0 Å². The molecule has 0 bridgehead atoms. The number of allylic oxidation sites excluding steroid dienone is 1. The van der Waals surface area contributed by atoms with E-state index < -0.39 is 0 Å². The van der Waals surface area contributed by atoms with E-state index in [4.69, 9.17) is 23.2 Å². The largest absolute Gasteiger partial charge is 0.207 e. The summed E-state index contributed by atoms with van der Waals surface area (Å²) in [5.74, 6) is -0.740.